The van der Waals surface area contributed by atoms with Crippen LogP contribution in [-0.4, -0.2) is 33.9 Å². The van der Waals surface area contributed by atoms with E-state index in [-0.39, 0.29) is 5.03 Å². The summed E-state index contributed by atoms with van der Waals surface area (Å²) in [5, 5.41) is 9.09. The molecule has 1 amide bonds. The number of hydrazone groups is 1. The van der Waals surface area contributed by atoms with E-state index in [4.69, 9.17) is 4.74 Å². The fraction of sp³-hybridized carbons (Fsp3) is 0.190. The number of hydrogen-bond acceptors (Lipinski definition) is 7. The van der Waals surface area contributed by atoms with E-state index in [0.29, 0.717) is 12.2 Å². The Balaban J connectivity index is 1.75. The van der Waals surface area contributed by atoms with Gasteiger partial charge in [-0.05, 0) is 29.7 Å². The van der Waals surface area contributed by atoms with E-state index in [1.165, 1.54) is 6.21 Å². The predicted octanol–water partition coefficient (Wildman–Crippen LogP) is 2.23. The minimum Gasteiger partial charge on any atom is -0.494 e. The fourth-order valence-electron chi connectivity index (χ4n) is 2.56. The molecular weight excluding hydrogens is 418 g/mol. The third-order valence-electron chi connectivity index (χ3n) is 3.97. The molecule has 0 fully saturated rings. The lowest BCUT2D eigenvalue weighted by Crippen LogP contribution is -2.28. The summed E-state index contributed by atoms with van der Waals surface area (Å²) in [7, 11) is 0. The Labute approximate surface area is 181 Å². The molecule has 0 aliphatic heterocycles. The first kappa shape index (κ1) is 22.0. The highest BCUT2D eigenvalue weighted by Gasteiger charge is 2.24. The van der Waals surface area contributed by atoms with Crippen LogP contribution in [0.5, 0.6) is 5.75 Å². The number of amides is 1. The smallest absolute Gasteiger partial charge is 0.342 e. The van der Waals surface area contributed by atoms with Crippen molar-refractivity contribution in [2.75, 3.05) is 6.61 Å². The Morgan fingerprint density at radius 2 is 2.03 bits per heavy atom. The maximum Gasteiger partial charge on any atom is 0.342 e. The molecule has 3 N–H and O–H groups in total. The number of rotatable bonds is 9. The van der Waals surface area contributed by atoms with Crippen LogP contribution in [0.2, 0.25) is 0 Å². The molecule has 0 aliphatic carbocycles. The molecule has 0 aliphatic rings. The molecule has 0 radical (unpaired) electrons. The highest BCUT2D eigenvalue weighted by molar-refractivity contribution is 8.00. The number of thioether (sulfide) groups is 1. The van der Waals surface area contributed by atoms with E-state index in [9.17, 15) is 14.4 Å². The molecule has 0 saturated heterocycles. The topological polar surface area (TPSA) is 129 Å². The summed E-state index contributed by atoms with van der Waals surface area (Å²) in [5.41, 5.74) is 2.53. The van der Waals surface area contributed by atoms with Crippen molar-refractivity contribution in [2.45, 2.75) is 23.6 Å². The van der Waals surface area contributed by atoms with Crippen LogP contribution in [0, 0.1) is 0 Å². The van der Waals surface area contributed by atoms with Gasteiger partial charge in [-0.1, -0.05) is 61.2 Å². The molecule has 0 saturated carbocycles. The van der Waals surface area contributed by atoms with Crippen LogP contribution >= 0.6 is 11.8 Å². The van der Waals surface area contributed by atoms with Gasteiger partial charge < -0.3 is 4.74 Å². The SMILES string of the molecule is CCCOc1cccc(/C=N\NC(=O)C(Sc2n[nH]c(=O)[nH]c2=O)c2ccccc2)c1. The molecule has 1 atom stereocenters. The molecule has 2 aromatic carbocycles. The lowest BCUT2D eigenvalue weighted by Gasteiger charge is -2.14. The second-order valence-corrected chi connectivity index (χ2v) is 7.47. The number of nitrogens with one attached hydrogen (secondary N) is 3. The number of benzene rings is 2. The van der Waals surface area contributed by atoms with Gasteiger partial charge in [-0.25, -0.2) is 15.3 Å². The van der Waals surface area contributed by atoms with Crippen molar-refractivity contribution >= 4 is 23.9 Å². The van der Waals surface area contributed by atoms with Crippen LogP contribution in [0.4, 0.5) is 0 Å². The summed E-state index contributed by atoms with van der Waals surface area (Å²) in [6, 6.07) is 16.2. The highest BCUT2D eigenvalue weighted by Crippen LogP contribution is 2.32. The number of hydrogen-bond donors (Lipinski definition) is 3. The van der Waals surface area contributed by atoms with Crippen LogP contribution in [-0.2, 0) is 4.79 Å². The van der Waals surface area contributed by atoms with Crippen molar-refractivity contribution in [1.29, 1.82) is 0 Å². The van der Waals surface area contributed by atoms with Gasteiger partial charge in [0.25, 0.3) is 11.5 Å². The van der Waals surface area contributed by atoms with E-state index >= 15 is 0 Å². The molecule has 3 rings (SSSR count). The fourth-order valence-corrected chi connectivity index (χ4v) is 3.50. The van der Waals surface area contributed by atoms with Crippen molar-refractivity contribution in [3.05, 3.63) is 86.6 Å². The van der Waals surface area contributed by atoms with Gasteiger partial charge in [0.2, 0.25) is 0 Å². The summed E-state index contributed by atoms with van der Waals surface area (Å²) < 4.78 is 5.59. The van der Waals surface area contributed by atoms with E-state index < -0.39 is 22.4 Å². The quantitative estimate of drug-likeness (QED) is 0.266. The average molecular weight is 439 g/mol. The standard InChI is InChI=1S/C21H21N5O4S/c1-2-11-30-16-10-6-7-14(12-16)13-22-24-18(27)17(15-8-4-3-5-9-15)31-20-19(28)23-21(29)26-25-20/h3-10,12-13,17H,2,11H2,1H3,(H,24,27)(H2,23,26,28,29)/b22-13-. The Hall–Kier alpha value is -3.66. The monoisotopic (exact) mass is 439 g/mol. The van der Waals surface area contributed by atoms with Crippen LogP contribution in [0.1, 0.15) is 29.7 Å². The Morgan fingerprint density at radius 3 is 2.77 bits per heavy atom. The molecule has 10 heteroatoms. The van der Waals surface area contributed by atoms with E-state index in [0.717, 1.165) is 29.5 Å². The van der Waals surface area contributed by atoms with Crippen molar-refractivity contribution in [3.63, 3.8) is 0 Å². The predicted molar refractivity (Wildman–Crippen MR) is 118 cm³/mol. The lowest BCUT2D eigenvalue weighted by atomic mass is 10.1. The normalized spacial score (nSPS) is 11.9. The zero-order chi connectivity index (χ0) is 22.1. The molecule has 1 unspecified atom stereocenters. The molecule has 0 bridgehead atoms. The third-order valence-corrected chi connectivity index (χ3v) is 5.19. The Bertz CT molecular complexity index is 1160. The van der Waals surface area contributed by atoms with Gasteiger partial charge in [0.05, 0.1) is 12.8 Å². The van der Waals surface area contributed by atoms with Gasteiger partial charge in [0.15, 0.2) is 5.03 Å². The first-order valence-electron chi connectivity index (χ1n) is 9.53. The third kappa shape index (κ3) is 6.41. The van der Waals surface area contributed by atoms with Gasteiger partial charge in [-0.2, -0.15) is 10.2 Å². The Morgan fingerprint density at radius 1 is 1.23 bits per heavy atom. The van der Waals surface area contributed by atoms with Gasteiger partial charge >= 0.3 is 5.69 Å². The van der Waals surface area contributed by atoms with Crippen molar-refractivity contribution in [1.82, 2.24) is 20.6 Å². The van der Waals surface area contributed by atoms with Gasteiger partial charge in [0.1, 0.15) is 11.0 Å². The lowest BCUT2D eigenvalue weighted by molar-refractivity contribution is -0.120. The maximum atomic E-state index is 12.8. The van der Waals surface area contributed by atoms with Gasteiger partial charge in [-0.3, -0.25) is 14.6 Å². The van der Waals surface area contributed by atoms with E-state index in [2.05, 4.69) is 25.7 Å². The van der Waals surface area contributed by atoms with Crippen molar-refractivity contribution in [3.8, 4) is 5.75 Å². The first-order chi connectivity index (χ1) is 15.1. The first-order valence-corrected chi connectivity index (χ1v) is 10.4. The van der Waals surface area contributed by atoms with Crippen molar-refractivity contribution < 1.29 is 9.53 Å². The molecule has 9 nitrogen and oxygen atoms in total. The number of carbonyl (C=O) groups excluding carboxylic acids is 1. The van der Waals surface area contributed by atoms with E-state index in [1.54, 1.807) is 24.3 Å². The maximum absolute atomic E-state index is 12.8. The number of aromatic nitrogens is 3. The number of nitrogens with zero attached hydrogens (tertiary/aromatic N) is 2. The molecule has 31 heavy (non-hydrogen) atoms. The summed E-state index contributed by atoms with van der Waals surface area (Å²) in [5.74, 6) is 0.274. The largest absolute Gasteiger partial charge is 0.494 e. The Kier molecular flexibility index (Phi) is 7.77. The molecule has 1 aromatic heterocycles. The number of ether oxygens (including phenoxy) is 1. The number of carbonyl (C=O) groups is 1. The minimum absolute atomic E-state index is 0.0339. The summed E-state index contributed by atoms with van der Waals surface area (Å²) in [6.45, 7) is 2.64. The highest BCUT2D eigenvalue weighted by atomic mass is 32.2. The van der Waals surface area contributed by atoms with Crippen LogP contribution in [0.15, 0.2) is 74.3 Å². The van der Waals surface area contributed by atoms with Crippen LogP contribution < -0.4 is 21.4 Å². The van der Waals surface area contributed by atoms with Crippen molar-refractivity contribution in [2.24, 2.45) is 5.10 Å². The molecule has 1 heterocycles. The molecule has 3 aromatic rings. The minimum atomic E-state index is -0.808. The second-order valence-electron chi connectivity index (χ2n) is 6.38. The zero-order valence-electron chi connectivity index (χ0n) is 16.7. The molecule has 0 spiro atoms. The van der Waals surface area contributed by atoms with Crippen LogP contribution in [0.25, 0.3) is 0 Å². The summed E-state index contributed by atoms with van der Waals surface area (Å²) in [4.78, 5) is 38.1. The van der Waals surface area contributed by atoms with Gasteiger partial charge in [0, 0.05) is 0 Å². The average Bonchev–Trinajstić information content (AvgIpc) is 2.78. The van der Waals surface area contributed by atoms with E-state index in [1.807, 2.05) is 37.3 Å². The second kappa shape index (κ2) is 10.9. The summed E-state index contributed by atoms with van der Waals surface area (Å²) >= 11 is 0.912. The zero-order valence-corrected chi connectivity index (χ0v) is 17.5. The van der Waals surface area contributed by atoms with Gasteiger partial charge in [-0.15, -0.1) is 0 Å². The summed E-state index contributed by atoms with van der Waals surface area (Å²) in [6.07, 6.45) is 2.41. The number of aromatic amines is 2. The number of H-pyrrole nitrogens is 2. The molecular formula is C21H21N5O4S. The van der Waals surface area contributed by atoms with Crippen LogP contribution in [0.3, 0.4) is 0 Å². The molecule has 160 valence electrons.